The van der Waals surface area contributed by atoms with Crippen LogP contribution in [0.25, 0.3) is 10.7 Å². The summed E-state index contributed by atoms with van der Waals surface area (Å²) in [5, 5.41) is 12.2. The van der Waals surface area contributed by atoms with Crippen LogP contribution in [0.3, 0.4) is 0 Å². The molecule has 1 aliphatic heterocycles. The van der Waals surface area contributed by atoms with Crippen LogP contribution in [0.1, 0.15) is 12.0 Å². The fourth-order valence-corrected chi connectivity index (χ4v) is 4.33. The van der Waals surface area contributed by atoms with Crippen LogP contribution in [-0.2, 0) is 17.9 Å². The van der Waals surface area contributed by atoms with Gasteiger partial charge in [0, 0.05) is 25.7 Å². The van der Waals surface area contributed by atoms with Crippen LogP contribution in [0.5, 0.6) is 0 Å². The molecule has 3 heterocycles. The van der Waals surface area contributed by atoms with E-state index in [0.717, 1.165) is 30.9 Å². The highest BCUT2D eigenvalue weighted by atomic mass is 32.1. The second-order valence-electron chi connectivity index (χ2n) is 6.69. The highest BCUT2D eigenvalue weighted by Crippen LogP contribution is 2.22. The summed E-state index contributed by atoms with van der Waals surface area (Å²) >= 11 is 6.88. The lowest BCUT2D eigenvalue weighted by Crippen LogP contribution is -2.38. The molecule has 4 rings (SSSR count). The minimum absolute atomic E-state index is 0.0307. The molecule has 0 bridgehead atoms. The molecule has 27 heavy (non-hydrogen) atoms. The molecule has 1 amide bonds. The molecule has 1 aromatic carbocycles. The van der Waals surface area contributed by atoms with Crippen molar-refractivity contribution in [3.8, 4) is 10.7 Å². The number of rotatable bonds is 6. The van der Waals surface area contributed by atoms with E-state index in [9.17, 15) is 4.79 Å². The molecule has 3 aromatic rings. The summed E-state index contributed by atoms with van der Waals surface area (Å²) in [4.78, 5) is 15.9. The van der Waals surface area contributed by atoms with E-state index in [1.54, 1.807) is 15.9 Å². The van der Waals surface area contributed by atoms with Gasteiger partial charge in [-0.2, -0.15) is 5.10 Å². The third-order valence-corrected chi connectivity index (χ3v) is 5.87. The van der Waals surface area contributed by atoms with E-state index < -0.39 is 0 Å². The van der Waals surface area contributed by atoms with Crippen molar-refractivity contribution < 1.29 is 4.79 Å². The van der Waals surface area contributed by atoms with E-state index in [1.165, 1.54) is 5.56 Å². The Kier molecular flexibility index (Phi) is 5.47. The van der Waals surface area contributed by atoms with Gasteiger partial charge in [0.2, 0.25) is 5.91 Å². The maximum absolute atomic E-state index is 12.6. The molecule has 0 radical (unpaired) electrons. The Bertz CT molecular complexity index is 948. The first-order valence-corrected chi connectivity index (χ1v) is 10.2. The lowest BCUT2D eigenvalue weighted by molar-refractivity contribution is -0.122. The van der Waals surface area contributed by atoms with Crippen LogP contribution in [-0.4, -0.2) is 44.7 Å². The minimum atomic E-state index is -0.0307. The number of thiophene rings is 1. The maximum Gasteiger partial charge on any atom is 0.240 e. The van der Waals surface area contributed by atoms with Crippen molar-refractivity contribution in [1.82, 2.24) is 25.0 Å². The number of likely N-dealkylation sites (tertiary alicyclic amines) is 1. The number of benzene rings is 1. The fourth-order valence-electron chi connectivity index (χ4n) is 3.41. The second kappa shape index (κ2) is 8.16. The number of nitrogens with zero attached hydrogens (tertiary/aromatic N) is 3. The van der Waals surface area contributed by atoms with Crippen LogP contribution in [0.15, 0.2) is 47.8 Å². The topological polar surface area (TPSA) is 66.0 Å². The summed E-state index contributed by atoms with van der Waals surface area (Å²) in [5.41, 5.74) is 1.30. The Hall–Kier alpha value is -2.29. The van der Waals surface area contributed by atoms with Crippen LogP contribution < -0.4 is 5.32 Å². The first-order valence-electron chi connectivity index (χ1n) is 8.94. The number of carbonyl (C=O) groups is 1. The van der Waals surface area contributed by atoms with Crippen LogP contribution in [0, 0.1) is 4.77 Å². The first kappa shape index (κ1) is 18.1. The molecule has 1 saturated heterocycles. The van der Waals surface area contributed by atoms with Crippen molar-refractivity contribution in [1.29, 1.82) is 0 Å². The van der Waals surface area contributed by atoms with Gasteiger partial charge in [-0.05, 0) is 35.6 Å². The molecule has 1 fully saturated rings. The van der Waals surface area contributed by atoms with Crippen molar-refractivity contribution >= 4 is 29.5 Å². The van der Waals surface area contributed by atoms with Gasteiger partial charge < -0.3 is 5.32 Å². The molecular weight excluding hydrogens is 378 g/mol. The summed E-state index contributed by atoms with van der Waals surface area (Å²) in [7, 11) is 0. The van der Waals surface area contributed by atoms with E-state index in [0.29, 0.717) is 10.6 Å². The van der Waals surface area contributed by atoms with Gasteiger partial charge in [0.1, 0.15) is 6.54 Å². The van der Waals surface area contributed by atoms with E-state index in [-0.39, 0.29) is 18.5 Å². The molecule has 1 unspecified atom stereocenters. The fraction of sp³-hybridized carbons (Fsp3) is 0.316. The molecule has 6 nitrogen and oxygen atoms in total. The SMILES string of the molecule is O=C(Cn1c(-c2cccs2)n[nH]c1=S)NC1CCN(Cc2ccccc2)C1. The summed E-state index contributed by atoms with van der Waals surface area (Å²) in [6, 6.07) is 14.5. The van der Waals surface area contributed by atoms with Crippen LogP contribution >= 0.6 is 23.6 Å². The number of hydrogen-bond donors (Lipinski definition) is 2. The minimum Gasteiger partial charge on any atom is -0.350 e. The lowest BCUT2D eigenvalue weighted by atomic mass is 10.2. The number of H-pyrrole nitrogens is 1. The largest absolute Gasteiger partial charge is 0.350 e. The summed E-state index contributed by atoms with van der Waals surface area (Å²) in [6.45, 7) is 2.96. The Morgan fingerprint density at radius 3 is 2.93 bits per heavy atom. The zero-order chi connectivity index (χ0) is 18.6. The lowest BCUT2D eigenvalue weighted by Gasteiger charge is -2.17. The second-order valence-corrected chi connectivity index (χ2v) is 8.02. The predicted octanol–water partition coefficient (Wildman–Crippen LogP) is 3.06. The number of aromatic amines is 1. The van der Waals surface area contributed by atoms with Gasteiger partial charge in [0.05, 0.1) is 4.88 Å². The Morgan fingerprint density at radius 1 is 1.30 bits per heavy atom. The highest BCUT2D eigenvalue weighted by molar-refractivity contribution is 7.71. The van der Waals surface area contributed by atoms with Crippen molar-refractivity contribution in [3.63, 3.8) is 0 Å². The molecule has 0 saturated carbocycles. The normalized spacial score (nSPS) is 17.3. The molecular formula is C19H21N5OS2. The predicted molar refractivity (Wildman–Crippen MR) is 109 cm³/mol. The Labute approximate surface area is 166 Å². The molecule has 140 valence electrons. The maximum atomic E-state index is 12.6. The smallest absolute Gasteiger partial charge is 0.240 e. The van der Waals surface area contributed by atoms with Gasteiger partial charge in [0.15, 0.2) is 10.6 Å². The first-order chi connectivity index (χ1) is 13.2. The molecule has 0 aliphatic carbocycles. The third-order valence-electron chi connectivity index (χ3n) is 4.69. The Balaban J connectivity index is 1.34. The van der Waals surface area contributed by atoms with Crippen LogP contribution in [0.4, 0.5) is 0 Å². The van der Waals surface area contributed by atoms with Gasteiger partial charge in [-0.3, -0.25) is 19.4 Å². The number of hydrogen-bond acceptors (Lipinski definition) is 5. The Morgan fingerprint density at radius 2 is 2.15 bits per heavy atom. The van der Waals surface area contributed by atoms with E-state index >= 15 is 0 Å². The average Bonchev–Trinajstić information content (AvgIpc) is 3.40. The zero-order valence-corrected chi connectivity index (χ0v) is 16.4. The zero-order valence-electron chi connectivity index (χ0n) is 14.8. The van der Waals surface area contributed by atoms with Gasteiger partial charge in [-0.15, -0.1) is 11.3 Å². The third kappa shape index (κ3) is 4.35. The van der Waals surface area contributed by atoms with E-state index in [1.807, 2.05) is 23.6 Å². The van der Waals surface area contributed by atoms with E-state index in [4.69, 9.17) is 12.2 Å². The molecule has 0 spiro atoms. The summed E-state index contributed by atoms with van der Waals surface area (Å²) in [5.74, 6) is 0.680. The van der Waals surface area contributed by atoms with Crippen molar-refractivity contribution in [2.45, 2.75) is 25.6 Å². The van der Waals surface area contributed by atoms with E-state index in [2.05, 4.69) is 44.7 Å². The number of amides is 1. The number of carbonyl (C=O) groups excluding carboxylic acids is 1. The van der Waals surface area contributed by atoms with Gasteiger partial charge in [-0.1, -0.05) is 36.4 Å². The van der Waals surface area contributed by atoms with Gasteiger partial charge in [0.25, 0.3) is 0 Å². The quantitative estimate of drug-likeness (QED) is 0.625. The summed E-state index contributed by atoms with van der Waals surface area (Å²) < 4.78 is 2.22. The monoisotopic (exact) mass is 399 g/mol. The molecule has 1 atom stereocenters. The average molecular weight is 400 g/mol. The van der Waals surface area contributed by atoms with Crippen molar-refractivity contribution in [2.75, 3.05) is 13.1 Å². The molecule has 2 aromatic heterocycles. The highest BCUT2D eigenvalue weighted by Gasteiger charge is 2.24. The van der Waals surface area contributed by atoms with Crippen molar-refractivity contribution in [3.05, 3.63) is 58.2 Å². The van der Waals surface area contributed by atoms with Gasteiger partial charge >= 0.3 is 0 Å². The molecule has 8 heteroatoms. The number of nitrogens with one attached hydrogen (secondary N) is 2. The summed E-state index contributed by atoms with van der Waals surface area (Å²) in [6.07, 6.45) is 0.965. The molecule has 1 aliphatic rings. The van der Waals surface area contributed by atoms with Crippen molar-refractivity contribution in [2.24, 2.45) is 0 Å². The standard InChI is InChI=1S/C19H21N5OS2/c25-17(13-24-18(21-22-19(24)26)16-7-4-10-27-16)20-15-8-9-23(12-15)11-14-5-2-1-3-6-14/h1-7,10,15H,8-9,11-13H2,(H,20,25)(H,22,26). The van der Waals surface area contributed by atoms with Crippen LogP contribution in [0.2, 0.25) is 0 Å². The van der Waals surface area contributed by atoms with Gasteiger partial charge in [-0.25, -0.2) is 0 Å². The number of aromatic nitrogens is 3. The molecule has 2 N–H and O–H groups in total.